The molecule has 7 aromatic rings. The van der Waals surface area contributed by atoms with Gasteiger partial charge in [0.25, 0.3) is 0 Å². The van der Waals surface area contributed by atoms with Gasteiger partial charge in [0, 0.05) is 11.2 Å². The summed E-state index contributed by atoms with van der Waals surface area (Å²) in [4.78, 5) is 0. The molecule has 0 saturated carbocycles. The van der Waals surface area contributed by atoms with E-state index in [0.717, 1.165) is 11.7 Å². The Balaban J connectivity index is 1.47. The number of fused-ring (bicyclic) bond motifs is 4. The highest BCUT2D eigenvalue weighted by Crippen LogP contribution is 2.38. The Hall–Kier alpha value is -4.71. The van der Waals surface area contributed by atoms with E-state index in [-0.39, 0.29) is 5.92 Å². The first-order chi connectivity index (χ1) is 21.4. The fraction of sp³-hybridized carbons (Fsp3) is 0.0952. The van der Waals surface area contributed by atoms with E-state index >= 15 is 0 Å². The molecule has 0 aliphatic heterocycles. The molecule has 44 heavy (non-hydrogen) atoms. The number of rotatable bonds is 4. The smallest absolute Gasteiger partial charge is 0.109 e. The maximum atomic E-state index is 13.0. The van der Waals surface area contributed by atoms with Crippen LogP contribution in [0.1, 0.15) is 17.9 Å². The Bertz CT molecular complexity index is 2430. The molecule has 0 fully saturated rings. The van der Waals surface area contributed by atoms with Gasteiger partial charge in [0.1, 0.15) is 7.14 Å². The van der Waals surface area contributed by atoms with Gasteiger partial charge >= 0.3 is 0 Å². The molecular formula is C42H33OP. The van der Waals surface area contributed by atoms with E-state index in [9.17, 15) is 4.57 Å². The predicted octanol–water partition coefficient (Wildman–Crippen LogP) is 9.48. The molecular weight excluding hydrogens is 551 g/mol. The summed E-state index contributed by atoms with van der Waals surface area (Å²) in [6, 6.07) is 48.3. The summed E-state index contributed by atoms with van der Waals surface area (Å²) in [5, 5.41) is 11.0. The summed E-state index contributed by atoms with van der Waals surface area (Å²) in [7, 11) is -2.37. The van der Waals surface area contributed by atoms with Gasteiger partial charge in [-0.3, -0.25) is 0 Å². The monoisotopic (exact) mass is 584 g/mol. The molecule has 0 saturated heterocycles. The minimum absolute atomic E-state index is 0.193. The van der Waals surface area contributed by atoms with Crippen molar-refractivity contribution in [2.75, 3.05) is 13.3 Å². The third kappa shape index (κ3) is 4.60. The lowest BCUT2D eigenvalue weighted by Gasteiger charge is -2.22. The fourth-order valence-electron chi connectivity index (χ4n) is 7.01. The zero-order valence-corrected chi connectivity index (χ0v) is 25.9. The highest BCUT2D eigenvalue weighted by molar-refractivity contribution is 7.70. The number of hydrogen-bond donors (Lipinski definition) is 0. The molecule has 0 amide bonds. The van der Waals surface area contributed by atoms with Crippen molar-refractivity contribution >= 4 is 56.9 Å². The summed E-state index contributed by atoms with van der Waals surface area (Å²) < 4.78 is 13.0. The lowest BCUT2D eigenvalue weighted by molar-refractivity contribution is 0.588. The van der Waals surface area contributed by atoms with E-state index < -0.39 is 7.14 Å². The van der Waals surface area contributed by atoms with Crippen LogP contribution in [-0.2, 0) is 4.57 Å². The van der Waals surface area contributed by atoms with Gasteiger partial charge in [-0.15, -0.1) is 0 Å². The molecule has 0 aromatic heterocycles. The van der Waals surface area contributed by atoms with Gasteiger partial charge in [-0.1, -0.05) is 127 Å². The predicted molar refractivity (Wildman–Crippen MR) is 191 cm³/mol. The van der Waals surface area contributed by atoms with Crippen molar-refractivity contribution in [3.63, 3.8) is 0 Å². The van der Waals surface area contributed by atoms with Crippen LogP contribution in [0, 0.1) is 0 Å². The first kappa shape index (κ1) is 26.9. The van der Waals surface area contributed by atoms with Crippen LogP contribution in [0.25, 0.3) is 66.7 Å². The van der Waals surface area contributed by atoms with Crippen molar-refractivity contribution in [3.05, 3.63) is 149 Å². The molecule has 212 valence electrons. The van der Waals surface area contributed by atoms with E-state index in [1.165, 1.54) is 70.6 Å². The molecule has 0 spiro atoms. The summed E-state index contributed by atoms with van der Waals surface area (Å²) in [5.41, 5.74) is 6.26. The zero-order chi connectivity index (χ0) is 29.8. The SMILES string of the molecule is CP(C)(=O)c1cccc(C2C=c3c(-c4ccc5ccccc5c4)c4ccccc4c(-c4ccc5ccccc5c4)c3=CC2)c1. The molecule has 0 heterocycles. The van der Waals surface area contributed by atoms with Crippen molar-refractivity contribution in [1.82, 2.24) is 0 Å². The molecule has 2 heteroatoms. The van der Waals surface area contributed by atoms with Gasteiger partial charge in [-0.05, 0) is 109 Å². The fourth-order valence-corrected chi connectivity index (χ4v) is 7.92. The number of benzene rings is 7. The second-order valence-electron chi connectivity index (χ2n) is 12.4. The highest BCUT2D eigenvalue weighted by atomic mass is 31.2. The minimum atomic E-state index is -2.37. The second kappa shape index (κ2) is 10.5. The van der Waals surface area contributed by atoms with Crippen molar-refractivity contribution in [1.29, 1.82) is 0 Å². The first-order valence-electron chi connectivity index (χ1n) is 15.3. The lowest BCUT2D eigenvalue weighted by atomic mass is 9.82. The van der Waals surface area contributed by atoms with Crippen molar-refractivity contribution in [2.45, 2.75) is 12.3 Å². The van der Waals surface area contributed by atoms with E-state index in [1.54, 1.807) is 0 Å². The van der Waals surface area contributed by atoms with Crippen LogP contribution in [0.2, 0.25) is 0 Å². The Morgan fingerprint density at radius 3 is 1.68 bits per heavy atom. The molecule has 0 bridgehead atoms. The third-order valence-electron chi connectivity index (χ3n) is 9.23. The molecule has 8 rings (SSSR count). The average Bonchev–Trinajstić information content (AvgIpc) is 3.06. The van der Waals surface area contributed by atoms with Crippen molar-refractivity contribution in [3.8, 4) is 22.3 Å². The Morgan fingerprint density at radius 2 is 1.09 bits per heavy atom. The lowest BCUT2D eigenvalue weighted by Crippen LogP contribution is -2.33. The van der Waals surface area contributed by atoms with Crippen LogP contribution in [-0.4, -0.2) is 13.3 Å². The maximum Gasteiger partial charge on any atom is 0.109 e. The van der Waals surface area contributed by atoms with Crippen LogP contribution in [0.5, 0.6) is 0 Å². The minimum Gasteiger partial charge on any atom is -0.319 e. The first-order valence-corrected chi connectivity index (χ1v) is 17.9. The van der Waals surface area contributed by atoms with Gasteiger partial charge in [0.15, 0.2) is 0 Å². The van der Waals surface area contributed by atoms with E-state index in [2.05, 4.69) is 140 Å². The summed E-state index contributed by atoms with van der Waals surface area (Å²) >= 11 is 0. The Labute approximate surface area is 258 Å². The standard InChI is InChI=1S/C42H33OP/c1-44(2,43)36-15-9-14-32(26-36)33-22-23-39-40(27-33)42(35-21-19-29-11-4-6-13-31(29)25-35)38-17-8-7-16-37(38)41(39)34-20-18-28-10-3-5-12-30(28)24-34/h3-21,23-27,33H,22H2,1-2H3. The molecule has 1 aliphatic carbocycles. The maximum absolute atomic E-state index is 13.0. The topological polar surface area (TPSA) is 17.1 Å². The Kier molecular flexibility index (Phi) is 6.40. The number of hydrogen-bond acceptors (Lipinski definition) is 1. The Morgan fingerprint density at radius 1 is 0.545 bits per heavy atom. The van der Waals surface area contributed by atoms with Crippen LogP contribution in [0.4, 0.5) is 0 Å². The van der Waals surface area contributed by atoms with Gasteiger partial charge in [-0.25, -0.2) is 0 Å². The molecule has 7 aromatic carbocycles. The summed E-state index contributed by atoms with van der Waals surface area (Å²) in [5.74, 6) is 0.193. The van der Waals surface area contributed by atoms with E-state index in [1.807, 2.05) is 19.4 Å². The second-order valence-corrected chi connectivity index (χ2v) is 15.6. The van der Waals surface area contributed by atoms with Crippen LogP contribution >= 0.6 is 7.14 Å². The van der Waals surface area contributed by atoms with E-state index in [0.29, 0.717) is 0 Å². The van der Waals surface area contributed by atoms with Gasteiger partial charge in [-0.2, -0.15) is 0 Å². The molecule has 1 unspecified atom stereocenters. The molecule has 1 aliphatic rings. The normalized spacial score (nSPS) is 14.7. The largest absolute Gasteiger partial charge is 0.319 e. The van der Waals surface area contributed by atoms with Crippen LogP contribution < -0.4 is 15.7 Å². The quantitative estimate of drug-likeness (QED) is 0.188. The molecule has 1 nitrogen and oxygen atoms in total. The van der Waals surface area contributed by atoms with Gasteiger partial charge in [0.2, 0.25) is 0 Å². The third-order valence-corrected chi connectivity index (χ3v) is 10.8. The zero-order valence-electron chi connectivity index (χ0n) is 25.0. The molecule has 0 N–H and O–H groups in total. The summed E-state index contributed by atoms with van der Waals surface area (Å²) in [6.07, 6.45) is 5.82. The van der Waals surface area contributed by atoms with Gasteiger partial charge in [0.05, 0.1) is 0 Å². The van der Waals surface area contributed by atoms with E-state index in [4.69, 9.17) is 0 Å². The molecule has 0 radical (unpaired) electrons. The highest BCUT2D eigenvalue weighted by Gasteiger charge is 2.21. The van der Waals surface area contributed by atoms with Crippen LogP contribution in [0.3, 0.4) is 0 Å². The van der Waals surface area contributed by atoms with Crippen molar-refractivity contribution in [2.24, 2.45) is 0 Å². The van der Waals surface area contributed by atoms with Crippen LogP contribution in [0.15, 0.2) is 133 Å². The van der Waals surface area contributed by atoms with Crippen molar-refractivity contribution < 1.29 is 4.57 Å². The van der Waals surface area contributed by atoms with Gasteiger partial charge < -0.3 is 4.57 Å². The summed E-state index contributed by atoms with van der Waals surface area (Å²) in [6.45, 7) is 3.72. The molecule has 1 atom stereocenters. The average molecular weight is 585 g/mol.